The summed E-state index contributed by atoms with van der Waals surface area (Å²) < 4.78 is 3.12. The van der Waals surface area contributed by atoms with Gasteiger partial charge in [0.15, 0.2) is 11.5 Å². The van der Waals surface area contributed by atoms with Crippen LogP contribution in [-0.2, 0) is 0 Å². The first-order valence-corrected chi connectivity index (χ1v) is 12.5. The molecule has 1 atom stereocenters. The Morgan fingerprint density at radius 2 is 1.79 bits per heavy atom. The number of aromatic nitrogens is 5. The van der Waals surface area contributed by atoms with E-state index in [0.717, 1.165) is 22.2 Å². The highest BCUT2D eigenvalue weighted by atomic mass is 16.2. The Balaban J connectivity index is 1.52. The van der Waals surface area contributed by atoms with E-state index in [9.17, 15) is 9.59 Å². The van der Waals surface area contributed by atoms with E-state index in [2.05, 4.69) is 20.4 Å². The minimum Gasteiger partial charge on any atom is -0.381 e. The van der Waals surface area contributed by atoms with Crippen LogP contribution < -0.4 is 16.6 Å². The molecule has 0 saturated heterocycles. The van der Waals surface area contributed by atoms with E-state index in [4.69, 9.17) is 5.73 Å². The summed E-state index contributed by atoms with van der Waals surface area (Å²) in [4.78, 5) is 36.3. The maximum absolute atomic E-state index is 14.3. The lowest BCUT2D eigenvalue weighted by atomic mass is 9.98. The molecule has 0 aliphatic rings. The number of aryl methyl sites for hydroxylation is 1. The van der Waals surface area contributed by atoms with Crippen LogP contribution in [0, 0.1) is 6.92 Å². The maximum atomic E-state index is 14.3. The Bertz CT molecular complexity index is 1930. The van der Waals surface area contributed by atoms with Crippen molar-refractivity contribution in [1.82, 2.24) is 29.5 Å². The van der Waals surface area contributed by atoms with E-state index in [0.29, 0.717) is 22.4 Å². The molecule has 0 aliphatic carbocycles. The van der Waals surface area contributed by atoms with E-state index in [1.165, 1.54) is 4.52 Å². The normalized spacial score (nSPS) is 12.1. The second-order valence-corrected chi connectivity index (χ2v) is 9.34. The Hall–Kier alpha value is -5.31. The zero-order valence-electron chi connectivity index (χ0n) is 21.4. The van der Waals surface area contributed by atoms with Gasteiger partial charge in [-0.15, -0.1) is 5.10 Å². The third-order valence-electron chi connectivity index (χ3n) is 6.74. The van der Waals surface area contributed by atoms with Gasteiger partial charge in [-0.2, -0.15) is 0 Å². The minimum absolute atomic E-state index is 0.0784. The van der Waals surface area contributed by atoms with Gasteiger partial charge in [0.25, 0.3) is 11.5 Å². The molecule has 0 fully saturated rings. The number of nitrogens with zero attached hydrogens (tertiary/aromatic N) is 5. The lowest BCUT2D eigenvalue weighted by Crippen LogP contribution is -2.32. The highest BCUT2D eigenvalue weighted by Gasteiger charge is 2.24. The molecular formula is C30H25N7O2. The van der Waals surface area contributed by atoms with Crippen molar-refractivity contribution >= 4 is 28.1 Å². The van der Waals surface area contributed by atoms with Crippen molar-refractivity contribution < 1.29 is 4.79 Å². The SMILES string of the molecule is Cc1cc(-c2cccc3cc(C(C)NC(=O)c4c(N)nn5cccnc45)n(-c4ccccc4)c(=O)c23)ccn1. The van der Waals surface area contributed by atoms with Gasteiger partial charge in [0.05, 0.1) is 11.4 Å². The van der Waals surface area contributed by atoms with Gasteiger partial charge in [0, 0.05) is 35.7 Å². The van der Waals surface area contributed by atoms with Crippen molar-refractivity contribution in [1.29, 1.82) is 0 Å². The van der Waals surface area contributed by atoms with Crippen LogP contribution in [0.25, 0.3) is 33.2 Å². The summed E-state index contributed by atoms with van der Waals surface area (Å²) in [5.74, 6) is -0.350. The highest BCUT2D eigenvalue weighted by molar-refractivity contribution is 6.04. The molecule has 0 bridgehead atoms. The van der Waals surface area contributed by atoms with Crippen LogP contribution in [0.2, 0.25) is 0 Å². The van der Waals surface area contributed by atoms with E-state index >= 15 is 0 Å². The number of para-hydroxylation sites is 1. The molecule has 192 valence electrons. The fourth-order valence-electron chi connectivity index (χ4n) is 4.96. The molecule has 6 aromatic rings. The molecule has 0 spiro atoms. The summed E-state index contributed by atoms with van der Waals surface area (Å²) in [6, 6.07) is 22.1. The molecule has 39 heavy (non-hydrogen) atoms. The highest BCUT2D eigenvalue weighted by Crippen LogP contribution is 2.29. The smallest absolute Gasteiger partial charge is 0.263 e. The van der Waals surface area contributed by atoms with E-state index < -0.39 is 11.9 Å². The quantitative estimate of drug-likeness (QED) is 0.349. The van der Waals surface area contributed by atoms with Gasteiger partial charge < -0.3 is 11.1 Å². The molecule has 4 aromatic heterocycles. The van der Waals surface area contributed by atoms with Gasteiger partial charge >= 0.3 is 0 Å². The summed E-state index contributed by atoms with van der Waals surface area (Å²) in [5, 5.41) is 8.56. The predicted molar refractivity (Wildman–Crippen MR) is 151 cm³/mol. The molecule has 0 saturated carbocycles. The van der Waals surface area contributed by atoms with Gasteiger partial charge in [0.1, 0.15) is 5.56 Å². The third-order valence-corrected chi connectivity index (χ3v) is 6.74. The molecule has 0 radical (unpaired) electrons. The number of pyridine rings is 2. The van der Waals surface area contributed by atoms with E-state index in [1.807, 2.05) is 80.6 Å². The zero-order chi connectivity index (χ0) is 27.1. The van der Waals surface area contributed by atoms with Gasteiger partial charge in [-0.1, -0.05) is 36.4 Å². The maximum Gasteiger partial charge on any atom is 0.263 e. The van der Waals surface area contributed by atoms with E-state index in [1.54, 1.807) is 29.2 Å². The lowest BCUT2D eigenvalue weighted by molar-refractivity contribution is 0.0941. The molecular weight excluding hydrogens is 490 g/mol. The Labute approximate surface area is 223 Å². The molecule has 4 heterocycles. The standard InChI is InChI=1S/C30H25N7O2/c1-18-16-20(12-14-32-18)23-11-6-8-21-17-24(37(30(39)25(21)23)22-9-4-3-5-10-22)19(2)34-29(38)26-27(31)35-36-15-7-13-33-28(26)36/h3-17,19H,1-2H3,(H2,31,35)(H,34,38). The van der Waals surface area contributed by atoms with E-state index in [-0.39, 0.29) is 16.9 Å². The van der Waals surface area contributed by atoms with Crippen LogP contribution in [-0.4, -0.2) is 30.1 Å². The number of benzene rings is 2. The zero-order valence-corrected chi connectivity index (χ0v) is 21.4. The molecule has 9 nitrogen and oxygen atoms in total. The van der Waals surface area contributed by atoms with Gasteiger partial charge in [-0.05, 0) is 66.8 Å². The van der Waals surface area contributed by atoms with Crippen LogP contribution >= 0.6 is 0 Å². The number of nitrogens with one attached hydrogen (secondary N) is 1. The lowest BCUT2D eigenvalue weighted by Gasteiger charge is -2.21. The number of carbonyl (C=O) groups is 1. The number of carbonyl (C=O) groups excluding carboxylic acids is 1. The second kappa shape index (κ2) is 9.53. The summed E-state index contributed by atoms with van der Waals surface area (Å²) in [7, 11) is 0. The van der Waals surface area contributed by atoms with Gasteiger partial charge in [-0.3, -0.25) is 19.1 Å². The first-order chi connectivity index (χ1) is 18.9. The summed E-state index contributed by atoms with van der Waals surface area (Å²) >= 11 is 0. The number of hydrogen-bond acceptors (Lipinski definition) is 6. The van der Waals surface area contributed by atoms with Crippen molar-refractivity contribution in [3.8, 4) is 16.8 Å². The predicted octanol–water partition coefficient (Wildman–Crippen LogP) is 4.48. The summed E-state index contributed by atoms with van der Waals surface area (Å²) in [6.07, 6.45) is 5.00. The Kier molecular flexibility index (Phi) is 5.88. The Morgan fingerprint density at radius 1 is 0.974 bits per heavy atom. The monoisotopic (exact) mass is 515 g/mol. The fraction of sp³-hybridized carbons (Fsp3) is 0.100. The molecule has 2 aromatic carbocycles. The van der Waals surface area contributed by atoms with Crippen LogP contribution in [0.3, 0.4) is 0 Å². The molecule has 1 amide bonds. The van der Waals surface area contributed by atoms with Gasteiger partial charge in [-0.25, -0.2) is 9.50 Å². The summed E-state index contributed by atoms with van der Waals surface area (Å²) in [5.41, 5.74) is 10.4. The molecule has 6 rings (SSSR count). The van der Waals surface area contributed by atoms with Crippen molar-refractivity contribution in [3.05, 3.63) is 119 Å². The van der Waals surface area contributed by atoms with Crippen molar-refractivity contribution in [2.75, 3.05) is 5.73 Å². The van der Waals surface area contributed by atoms with Crippen molar-refractivity contribution in [3.63, 3.8) is 0 Å². The van der Waals surface area contributed by atoms with Crippen LogP contribution in [0.15, 0.2) is 96.2 Å². The van der Waals surface area contributed by atoms with Crippen molar-refractivity contribution in [2.24, 2.45) is 0 Å². The van der Waals surface area contributed by atoms with Crippen LogP contribution in [0.1, 0.15) is 34.7 Å². The average Bonchev–Trinajstić information content (AvgIpc) is 3.28. The van der Waals surface area contributed by atoms with Crippen LogP contribution in [0.5, 0.6) is 0 Å². The number of nitrogens with two attached hydrogens (primary N) is 1. The largest absolute Gasteiger partial charge is 0.381 e. The van der Waals surface area contributed by atoms with Crippen LogP contribution in [0.4, 0.5) is 5.82 Å². The molecule has 9 heteroatoms. The summed E-state index contributed by atoms with van der Waals surface area (Å²) in [6.45, 7) is 3.76. The third kappa shape index (κ3) is 4.19. The molecule has 3 N–H and O–H groups in total. The van der Waals surface area contributed by atoms with Gasteiger partial charge in [0.2, 0.25) is 0 Å². The first-order valence-electron chi connectivity index (χ1n) is 12.5. The minimum atomic E-state index is -0.556. The van der Waals surface area contributed by atoms with Crippen molar-refractivity contribution in [2.45, 2.75) is 19.9 Å². The first kappa shape index (κ1) is 24.1. The average molecular weight is 516 g/mol. The topological polar surface area (TPSA) is 120 Å². The number of amides is 1. The number of rotatable bonds is 5. The fourth-order valence-corrected chi connectivity index (χ4v) is 4.96. The molecule has 0 aliphatic heterocycles. The number of anilines is 1. The number of fused-ring (bicyclic) bond motifs is 2. The Morgan fingerprint density at radius 3 is 2.59 bits per heavy atom. The number of hydrogen-bond donors (Lipinski definition) is 2. The number of nitrogen functional groups attached to an aromatic ring is 1. The molecule has 1 unspecified atom stereocenters. The second-order valence-electron chi connectivity index (χ2n) is 9.34.